The molecule has 2 aromatic carbocycles. The number of nitrogens with one attached hydrogen (secondary N) is 1. The molecule has 0 bridgehead atoms. The molecule has 0 spiro atoms. The molecule has 0 aliphatic carbocycles. The molecule has 1 N–H and O–H groups in total. The Morgan fingerprint density at radius 2 is 1.94 bits per heavy atom. The Hall–Kier alpha value is -3.08. The Morgan fingerprint density at radius 3 is 2.60 bits per heavy atom. The molecule has 35 heavy (non-hydrogen) atoms. The second-order valence-corrected chi connectivity index (χ2v) is 8.99. The first-order valence-electron chi connectivity index (χ1n) is 11.3. The van der Waals surface area contributed by atoms with E-state index in [1.54, 1.807) is 24.3 Å². The van der Waals surface area contributed by atoms with E-state index in [1.165, 1.54) is 0 Å². The molecule has 3 heterocycles. The number of rotatable bonds is 6. The van der Waals surface area contributed by atoms with Crippen molar-refractivity contribution in [1.82, 2.24) is 25.3 Å². The molecule has 0 radical (unpaired) electrons. The van der Waals surface area contributed by atoms with Crippen molar-refractivity contribution in [2.24, 2.45) is 0 Å². The van der Waals surface area contributed by atoms with Crippen molar-refractivity contribution in [2.75, 3.05) is 32.8 Å². The van der Waals surface area contributed by atoms with Crippen molar-refractivity contribution in [3.8, 4) is 11.5 Å². The summed E-state index contributed by atoms with van der Waals surface area (Å²) in [6, 6.07) is 14.7. The van der Waals surface area contributed by atoms with Gasteiger partial charge in [-0.25, -0.2) is 4.79 Å². The number of alkyl halides is 2. The van der Waals surface area contributed by atoms with Crippen LogP contribution in [0.4, 0.5) is 13.6 Å². The van der Waals surface area contributed by atoms with Crippen molar-refractivity contribution >= 4 is 17.6 Å². The molecule has 2 amide bonds. The van der Waals surface area contributed by atoms with Gasteiger partial charge in [0.25, 0.3) is 5.89 Å². The Balaban J connectivity index is 1.24. The lowest BCUT2D eigenvalue weighted by molar-refractivity contribution is -0.0820. The lowest BCUT2D eigenvalue weighted by Gasteiger charge is -2.46. The van der Waals surface area contributed by atoms with Crippen LogP contribution >= 0.6 is 11.6 Å². The number of benzene rings is 2. The smallest absolute Gasteiger partial charge is 0.318 e. The zero-order chi connectivity index (χ0) is 24.4. The van der Waals surface area contributed by atoms with E-state index in [0.29, 0.717) is 36.3 Å². The first-order valence-corrected chi connectivity index (χ1v) is 11.7. The molecule has 1 unspecified atom stereocenters. The number of aromatic nitrogens is 2. The molecule has 2 saturated heterocycles. The summed E-state index contributed by atoms with van der Waals surface area (Å²) in [5.41, 5.74) is 2.36. The van der Waals surface area contributed by atoms with Gasteiger partial charge in [0, 0.05) is 36.8 Å². The monoisotopic (exact) mass is 503 g/mol. The quantitative estimate of drug-likeness (QED) is 0.540. The summed E-state index contributed by atoms with van der Waals surface area (Å²) in [5, 5.41) is 10.6. The number of halogens is 3. The molecule has 184 valence electrons. The van der Waals surface area contributed by atoms with Crippen LogP contribution in [0.1, 0.15) is 29.5 Å². The van der Waals surface area contributed by atoms with Gasteiger partial charge in [-0.3, -0.25) is 4.90 Å². The number of amides is 2. The average molecular weight is 504 g/mol. The Labute approximate surface area is 205 Å². The van der Waals surface area contributed by atoms with Crippen LogP contribution in [-0.4, -0.2) is 64.9 Å². The third-order valence-electron chi connectivity index (χ3n) is 6.31. The summed E-state index contributed by atoms with van der Waals surface area (Å²) in [4.78, 5) is 17.4. The molecular weight excluding hydrogens is 480 g/mol. The molecule has 1 atom stereocenters. The molecule has 5 rings (SSSR count). The number of hydrogen-bond donors (Lipinski definition) is 1. The highest BCUT2D eigenvalue weighted by Gasteiger charge is 2.36. The number of hydrogen-bond acceptors (Lipinski definition) is 6. The van der Waals surface area contributed by atoms with Gasteiger partial charge in [-0.05, 0) is 35.4 Å². The first-order chi connectivity index (χ1) is 17.0. The van der Waals surface area contributed by atoms with Gasteiger partial charge in [0.2, 0.25) is 5.89 Å². The predicted molar refractivity (Wildman–Crippen MR) is 124 cm³/mol. The first kappa shape index (κ1) is 23.7. The fourth-order valence-electron chi connectivity index (χ4n) is 4.30. The molecule has 11 heteroatoms. The summed E-state index contributed by atoms with van der Waals surface area (Å²) >= 11 is 6.24. The average Bonchev–Trinajstić information content (AvgIpc) is 3.33. The van der Waals surface area contributed by atoms with Crippen molar-refractivity contribution in [1.29, 1.82) is 0 Å². The minimum Gasteiger partial charge on any atom is -0.415 e. The summed E-state index contributed by atoms with van der Waals surface area (Å²) in [5.74, 6) is -0.689. The largest absolute Gasteiger partial charge is 0.415 e. The number of urea groups is 1. The van der Waals surface area contributed by atoms with E-state index in [-0.39, 0.29) is 18.0 Å². The van der Waals surface area contributed by atoms with Crippen LogP contribution in [0.5, 0.6) is 0 Å². The summed E-state index contributed by atoms with van der Waals surface area (Å²) < 4.78 is 35.7. The van der Waals surface area contributed by atoms with E-state index < -0.39 is 12.3 Å². The fourth-order valence-corrected chi connectivity index (χ4v) is 4.49. The SMILES string of the molecule is O=C(NCc1ccc(-c2nnc(C(F)F)o2)cc1)N1CCN(C2COC2)CC1c1cccc(Cl)c1. The van der Waals surface area contributed by atoms with Gasteiger partial charge in [0.05, 0.1) is 25.3 Å². The van der Waals surface area contributed by atoms with Gasteiger partial charge in [-0.15, -0.1) is 10.2 Å². The number of carbonyl (C=O) groups excluding carboxylic acids is 1. The van der Waals surface area contributed by atoms with Crippen molar-refractivity contribution in [3.05, 3.63) is 70.6 Å². The third-order valence-corrected chi connectivity index (χ3v) is 6.55. The molecule has 2 aliphatic heterocycles. The van der Waals surface area contributed by atoms with Crippen LogP contribution in [0.15, 0.2) is 52.9 Å². The maximum Gasteiger partial charge on any atom is 0.318 e. The van der Waals surface area contributed by atoms with Crippen LogP contribution in [0.2, 0.25) is 5.02 Å². The fraction of sp³-hybridized carbons (Fsp3) is 0.375. The molecule has 0 saturated carbocycles. The highest BCUT2D eigenvalue weighted by atomic mass is 35.5. The Bertz CT molecular complexity index is 1170. The van der Waals surface area contributed by atoms with Crippen molar-refractivity contribution in [3.63, 3.8) is 0 Å². The second-order valence-electron chi connectivity index (χ2n) is 8.55. The highest BCUT2D eigenvalue weighted by molar-refractivity contribution is 6.30. The Kier molecular flexibility index (Phi) is 6.94. The van der Waals surface area contributed by atoms with Gasteiger partial charge in [-0.2, -0.15) is 8.78 Å². The van der Waals surface area contributed by atoms with Gasteiger partial charge >= 0.3 is 12.5 Å². The maximum absolute atomic E-state index is 13.2. The van der Waals surface area contributed by atoms with E-state index >= 15 is 0 Å². The Morgan fingerprint density at radius 1 is 1.14 bits per heavy atom. The van der Waals surface area contributed by atoms with Gasteiger partial charge in [0.15, 0.2) is 0 Å². The predicted octanol–water partition coefficient (Wildman–Crippen LogP) is 4.29. The standard InChI is InChI=1S/C24H24ClF2N5O3/c25-18-3-1-2-17(10-18)20-12-31(19-13-34-14-19)8-9-32(20)24(33)28-11-15-4-6-16(7-5-15)22-29-30-23(35-22)21(26)27/h1-7,10,19-21H,8-9,11-14H2,(H,28,33). The zero-order valence-electron chi connectivity index (χ0n) is 18.7. The molecule has 2 aliphatic rings. The minimum absolute atomic E-state index is 0.0231. The lowest BCUT2D eigenvalue weighted by Crippen LogP contribution is -2.59. The lowest BCUT2D eigenvalue weighted by atomic mass is 10.0. The number of ether oxygens (including phenoxy) is 1. The van der Waals surface area contributed by atoms with Crippen LogP contribution in [0.3, 0.4) is 0 Å². The minimum atomic E-state index is -2.81. The zero-order valence-corrected chi connectivity index (χ0v) is 19.5. The van der Waals surface area contributed by atoms with E-state index in [1.807, 2.05) is 29.2 Å². The summed E-state index contributed by atoms with van der Waals surface area (Å²) in [7, 11) is 0. The molecule has 2 fully saturated rings. The van der Waals surface area contributed by atoms with Crippen LogP contribution in [0.25, 0.3) is 11.5 Å². The van der Waals surface area contributed by atoms with Crippen molar-refractivity contribution in [2.45, 2.75) is 25.1 Å². The maximum atomic E-state index is 13.2. The molecule has 8 nitrogen and oxygen atoms in total. The van der Waals surface area contributed by atoms with Crippen LogP contribution < -0.4 is 5.32 Å². The van der Waals surface area contributed by atoms with Crippen LogP contribution in [0, 0.1) is 0 Å². The van der Waals surface area contributed by atoms with E-state index in [9.17, 15) is 13.6 Å². The van der Waals surface area contributed by atoms with E-state index in [2.05, 4.69) is 20.4 Å². The normalized spacial score (nSPS) is 19.1. The number of carbonyl (C=O) groups is 1. The third kappa shape index (κ3) is 5.29. The molecule has 3 aromatic rings. The topological polar surface area (TPSA) is 83.7 Å². The van der Waals surface area contributed by atoms with Crippen molar-refractivity contribution < 1.29 is 22.7 Å². The summed E-state index contributed by atoms with van der Waals surface area (Å²) in [6.07, 6.45) is -2.81. The molecular formula is C24H24ClF2N5O3. The molecule has 1 aromatic heterocycles. The van der Waals surface area contributed by atoms with Gasteiger partial charge in [0.1, 0.15) is 0 Å². The van der Waals surface area contributed by atoms with Gasteiger partial charge in [-0.1, -0.05) is 35.9 Å². The second kappa shape index (κ2) is 10.3. The van der Waals surface area contributed by atoms with E-state index in [0.717, 1.165) is 30.9 Å². The summed E-state index contributed by atoms with van der Waals surface area (Å²) in [6.45, 7) is 3.82. The number of nitrogens with zero attached hydrogens (tertiary/aromatic N) is 4. The highest BCUT2D eigenvalue weighted by Crippen LogP contribution is 2.30. The van der Waals surface area contributed by atoms with Gasteiger partial charge < -0.3 is 19.4 Å². The van der Waals surface area contributed by atoms with E-state index in [4.69, 9.17) is 20.8 Å². The van der Waals surface area contributed by atoms with Crippen LogP contribution in [-0.2, 0) is 11.3 Å². The number of piperazine rings is 1.